The first-order valence-corrected chi connectivity index (χ1v) is 8.29. The highest BCUT2D eigenvalue weighted by Gasteiger charge is 2.10. The number of hydrogen-bond donors (Lipinski definition) is 2. The van der Waals surface area contributed by atoms with E-state index in [2.05, 4.69) is 15.3 Å². The van der Waals surface area contributed by atoms with Crippen LogP contribution in [-0.2, 0) is 0 Å². The Morgan fingerprint density at radius 2 is 2.08 bits per heavy atom. The van der Waals surface area contributed by atoms with Gasteiger partial charge < -0.3 is 25.3 Å². The minimum atomic E-state index is 0.294. The Morgan fingerprint density at radius 1 is 1.24 bits per heavy atom. The number of hydrogen-bond acceptors (Lipinski definition) is 5. The molecular weight excluding hydrogens is 344 g/mol. The topological polar surface area (TPSA) is 91.0 Å². The minimum absolute atomic E-state index is 0.294. The maximum atomic E-state index is 5.89. The number of nitrogens with zero attached hydrogens (tertiary/aromatic N) is 2. The molecule has 0 unspecified atom stereocenters. The van der Waals surface area contributed by atoms with E-state index in [4.69, 9.17) is 31.5 Å². The second-order valence-electron chi connectivity index (χ2n) is 5.27. The first-order chi connectivity index (χ1) is 12.2. The number of aromatic nitrogens is 1. The molecule has 1 aliphatic heterocycles. The second kappa shape index (κ2) is 8.43. The van der Waals surface area contributed by atoms with E-state index in [0.717, 1.165) is 17.9 Å². The number of guanidine groups is 1. The molecule has 0 bridgehead atoms. The van der Waals surface area contributed by atoms with Crippen molar-refractivity contribution in [1.82, 2.24) is 4.98 Å². The summed E-state index contributed by atoms with van der Waals surface area (Å²) in [5.74, 6) is 2.23. The summed E-state index contributed by atoms with van der Waals surface area (Å²) in [7, 11) is 0. The Labute approximate surface area is 150 Å². The van der Waals surface area contributed by atoms with Crippen LogP contribution in [0.25, 0.3) is 0 Å². The Bertz CT molecular complexity index is 737. The number of aliphatic imine (C=N–C) groups is 1. The molecule has 2 heterocycles. The molecular formula is C17H19ClN4O3. The Morgan fingerprint density at radius 3 is 2.88 bits per heavy atom. The zero-order valence-corrected chi connectivity index (χ0v) is 14.3. The van der Waals surface area contributed by atoms with Crippen LogP contribution in [0.2, 0.25) is 5.02 Å². The lowest BCUT2D eigenvalue weighted by Gasteiger charge is -2.10. The predicted molar refractivity (Wildman–Crippen MR) is 96.9 cm³/mol. The fourth-order valence-electron chi connectivity index (χ4n) is 2.19. The molecule has 25 heavy (non-hydrogen) atoms. The maximum Gasteiger partial charge on any atom is 0.213 e. The highest BCUT2D eigenvalue weighted by molar-refractivity contribution is 6.30. The number of fused-ring (bicyclic) bond motifs is 1. The third-order valence-electron chi connectivity index (χ3n) is 3.34. The molecule has 8 heteroatoms. The molecule has 3 N–H and O–H groups in total. The third kappa shape index (κ3) is 5.15. The van der Waals surface area contributed by atoms with Crippen LogP contribution in [0.3, 0.4) is 0 Å². The molecule has 0 aliphatic carbocycles. The lowest BCUT2D eigenvalue weighted by molar-refractivity contribution is 0.297. The molecule has 0 amide bonds. The molecule has 0 spiro atoms. The first kappa shape index (κ1) is 17.2. The lowest BCUT2D eigenvalue weighted by atomic mass is 10.3. The van der Waals surface area contributed by atoms with Crippen molar-refractivity contribution in [3.8, 4) is 17.4 Å². The molecule has 0 saturated heterocycles. The summed E-state index contributed by atoms with van der Waals surface area (Å²) in [5, 5.41) is 3.59. The highest BCUT2D eigenvalue weighted by Crippen LogP contribution is 2.32. The lowest BCUT2D eigenvalue weighted by Crippen LogP contribution is -2.23. The number of pyridine rings is 1. The van der Waals surface area contributed by atoms with Crippen LogP contribution < -0.4 is 25.3 Å². The average Bonchev–Trinajstić information content (AvgIpc) is 2.85. The van der Waals surface area contributed by atoms with E-state index in [0.29, 0.717) is 49.0 Å². The fourth-order valence-corrected chi connectivity index (χ4v) is 2.30. The van der Waals surface area contributed by atoms with Crippen molar-refractivity contribution >= 4 is 23.2 Å². The van der Waals surface area contributed by atoms with Crippen molar-refractivity contribution in [2.24, 2.45) is 10.7 Å². The Kier molecular flexibility index (Phi) is 5.79. The Balaban J connectivity index is 1.49. The van der Waals surface area contributed by atoms with Gasteiger partial charge in [0.2, 0.25) is 5.88 Å². The fraction of sp³-hybridized carbons (Fsp3) is 0.294. The third-order valence-corrected chi connectivity index (χ3v) is 3.57. The molecule has 0 saturated carbocycles. The second-order valence-corrected chi connectivity index (χ2v) is 5.70. The van der Waals surface area contributed by atoms with Crippen LogP contribution in [0.1, 0.15) is 6.42 Å². The number of halogens is 1. The van der Waals surface area contributed by atoms with Crippen molar-refractivity contribution in [3.05, 3.63) is 41.6 Å². The Hall–Kier alpha value is -2.67. The van der Waals surface area contributed by atoms with Gasteiger partial charge >= 0.3 is 0 Å². The van der Waals surface area contributed by atoms with Gasteiger partial charge in [0.25, 0.3) is 0 Å². The molecule has 1 aromatic carbocycles. The molecule has 132 valence electrons. The quantitative estimate of drug-likeness (QED) is 0.483. The van der Waals surface area contributed by atoms with Gasteiger partial charge in [-0.05, 0) is 18.2 Å². The molecule has 3 rings (SSSR count). The van der Waals surface area contributed by atoms with Crippen molar-refractivity contribution in [1.29, 1.82) is 0 Å². The molecule has 0 radical (unpaired) electrons. The maximum absolute atomic E-state index is 5.89. The largest absolute Gasteiger partial charge is 0.490 e. The van der Waals surface area contributed by atoms with Gasteiger partial charge in [0.05, 0.1) is 24.8 Å². The molecule has 7 nitrogen and oxygen atoms in total. The highest BCUT2D eigenvalue weighted by atomic mass is 35.5. The number of rotatable bonds is 5. The van der Waals surface area contributed by atoms with E-state index < -0.39 is 0 Å². The van der Waals surface area contributed by atoms with Crippen LogP contribution in [0.4, 0.5) is 5.69 Å². The van der Waals surface area contributed by atoms with Crippen molar-refractivity contribution in [2.45, 2.75) is 6.42 Å². The zero-order valence-electron chi connectivity index (χ0n) is 13.6. The van der Waals surface area contributed by atoms with Gasteiger partial charge in [-0.2, -0.15) is 0 Å². The standard InChI is InChI=1S/C17H19ClN4O3/c18-12-2-5-16(21-11-12)25-9-6-20-17(19)22-13-3-4-14-15(10-13)24-8-1-7-23-14/h2-5,10-11H,1,6-9H2,(H3,19,20,22). The number of nitrogens with two attached hydrogens (primary N) is 1. The molecule has 2 aromatic rings. The van der Waals surface area contributed by atoms with Crippen LogP contribution >= 0.6 is 11.6 Å². The van der Waals surface area contributed by atoms with Gasteiger partial charge in [-0.25, -0.2) is 9.98 Å². The van der Waals surface area contributed by atoms with Gasteiger partial charge in [-0.15, -0.1) is 0 Å². The average molecular weight is 363 g/mol. The van der Waals surface area contributed by atoms with E-state index in [9.17, 15) is 0 Å². The zero-order chi connectivity index (χ0) is 17.5. The molecule has 0 atom stereocenters. The van der Waals surface area contributed by atoms with E-state index in [-0.39, 0.29) is 0 Å². The van der Waals surface area contributed by atoms with Gasteiger partial charge in [0.15, 0.2) is 17.5 Å². The summed E-state index contributed by atoms with van der Waals surface area (Å²) in [6, 6.07) is 8.98. The normalized spacial score (nSPS) is 13.9. The predicted octanol–water partition coefficient (Wildman–Crippen LogP) is 2.70. The van der Waals surface area contributed by atoms with Crippen LogP contribution in [0.15, 0.2) is 41.5 Å². The van der Waals surface area contributed by atoms with Gasteiger partial charge in [0, 0.05) is 30.4 Å². The van der Waals surface area contributed by atoms with Gasteiger partial charge in [-0.1, -0.05) is 11.6 Å². The van der Waals surface area contributed by atoms with E-state index in [1.165, 1.54) is 6.20 Å². The van der Waals surface area contributed by atoms with Crippen LogP contribution in [-0.4, -0.2) is 37.3 Å². The number of benzene rings is 1. The van der Waals surface area contributed by atoms with E-state index in [1.807, 2.05) is 18.2 Å². The number of ether oxygens (including phenoxy) is 3. The van der Waals surface area contributed by atoms with E-state index in [1.54, 1.807) is 12.1 Å². The number of nitrogens with one attached hydrogen (secondary N) is 1. The summed E-state index contributed by atoms with van der Waals surface area (Å²) >= 11 is 5.76. The molecule has 1 aliphatic rings. The smallest absolute Gasteiger partial charge is 0.213 e. The summed E-state index contributed by atoms with van der Waals surface area (Å²) in [6.45, 7) is 2.05. The molecule has 1 aromatic heterocycles. The van der Waals surface area contributed by atoms with Crippen LogP contribution in [0, 0.1) is 0 Å². The van der Waals surface area contributed by atoms with Crippen molar-refractivity contribution < 1.29 is 14.2 Å². The first-order valence-electron chi connectivity index (χ1n) is 7.92. The van der Waals surface area contributed by atoms with Crippen LogP contribution in [0.5, 0.6) is 17.4 Å². The minimum Gasteiger partial charge on any atom is -0.490 e. The summed E-state index contributed by atoms with van der Waals surface area (Å²) in [5.41, 5.74) is 6.67. The summed E-state index contributed by atoms with van der Waals surface area (Å²) in [6.07, 6.45) is 2.39. The van der Waals surface area contributed by atoms with Crippen molar-refractivity contribution in [2.75, 3.05) is 31.7 Å². The van der Waals surface area contributed by atoms with Crippen molar-refractivity contribution in [3.63, 3.8) is 0 Å². The summed E-state index contributed by atoms with van der Waals surface area (Å²) < 4.78 is 16.7. The monoisotopic (exact) mass is 362 g/mol. The summed E-state index contributed by atoms with van der Waals surface area (Å²) in [4.78, 5) is 8.25. The SMILES string of the molecule is NC(=NCCOc1ccc(Cl)cn1)Nc1ccc2c(c1)OCCCO2. The van der Waals surface area contributed by atoms with E-state index >= 15 is 0 Å². The van der Waals surface area contributed by atoms with Gasteiger partial charge in [0.1, 0.15) is 6.61 Å². The number of anilines is 1. The van der Waals surface area contributed by atoms with Gasteiger partial charge in [-0.3, -0.25) is 0 Å². The molecule has 0 fully saturated rings.